The fourth-order valence-electron chi connectivity index (χ4n) is 4.38. The number of hydrogen-bond acceptors (Lipinski definition) is 4. The van der Waals surface area contributed by atoms with Crippen molar-refractivity contribution in [3.05, 3.63) is 71.3 Å². The number of benzene rings is 2. The standard InChI is InChI=1S/C26H30ClFN4OS/c1-30(21-14-10-20(28)11-15-21)17-24-16-29-26(32(24)23-12-8-19(27)9-13-23)34-18-25(33)31(2)22-6-4-3-5-7-22/h8-16,22H,3-7,17-18H2,1-2H3. The summed E-state index contributed by atoms with van der Waals surface area (Å²) in [4.78, 5) is 21.5. The fourth-order valence-corrected chi connectivity index (χ4v) is 5.44. The van der Waals surface area contributed by atoms with E-state index in [1.165, 1.54) is 43.2 Å². The monoisotopic (exact) mass is 500 g/mol. The zero-order chi connectivity index (χ0) is 24.1. The lowest BCUT2D eigenvalue weighted by Gasteiger charge is -2.31. The Morgan fingerprint density at radius 2 is 1.76 bits per heavy atom. The first-order chi connectivity index (χ1) is 16.4. The number of rotatable bonds is 8. The maximum Gasteiger partial charge on any atom is 0.233 e. The van der Waals surface area contributed by atoms with Crippen molar-refractivity contribution in [2.24, 2.45) is 0 Å². The van der Waals surface area contributed by atoms with E-state index in [2.05, 4.69) is 9.55 Å². The first-order valence-electron chi connectivity index (χ1n) is 11.6. The molecular formula is C26H30ClFN4OS. The van der Waals surface area contributed by atoms with Crippen molar-refractivity contribution in [1.29, 1.82) is 0 Å². The summed E-state index contributed by atoms with van der Waals surface area (Å²) in [7, 11) is 3.88. The molecule has 8 heteroatoms. The van der Waals surface area contributed by atoms with Crippen LogP contribution in [0.15, 0.2) is 59.9 Å². The molecule has 0 radical (unpaired) electrons. The van der Waals surface area contributed by atoms with E-state index in [4.69, 9.17) is 11.6 Å². The van der Waals surface area contributed by atoms with Crippen LogP contribution in [-0.4, -0.2) is 46.2 Å². The lowest BCUT2D eigenvalue weighted by molar-refractivity contribution is -0.129. The highest BCUT2D eigenvalue weighted by molar-refractivity contribution is 7.99. The van der Waals surface area contributed by atoms with Gasteiger partial charge in [0.05, 0.1) is 24.2 Å². The molecule has 0 unspecified atom stereocenters. The van der Waals surface area contributed by atoms with Crippen LogP contribution in [0.3, 0.4) is 0 Å². The van der Waals surface area contributed by atoms with Gasteiger partial charge in [-0.1, -0.05) is 42.6 Å². The predicted octanol–water partition coefficient (Wildman–Crippen LogP) is 6.18. The topological polar surface area (TPSA) is 41.4 Å². The minimum absolute atomic E-state index is 0.132. The Morgan fingerprint density at radius 1 is 1.09 bits per heavy atom. The summed E-state index contributed by atoms with van der Waals surface area (Å²) in [5.74, 6) is 0.211. The summed E-state index contributed by atoms with van der Waals surface area (Å²) in [6, 6.07) is 14.4. The van der Waals surface area contributed by atoms with Gasteiger partial charge >= 0.3 is 0 Å². The number of carbonyl (C=O) groups excluding carboxylic acids is 1. The van der Waals surface area contributed by atoms with Crippen LogP contribution < -0.4 is 4.90 Å². The summed E-state index contributed by atoms with van der Waals surface area (Å²) >= 11 is 7.57. The van der Waals surface area contributed by atoms with Crippen LogP contribution in [-0.2, 0) is 11.3 Å². The Morgan fingerprint density at radius 3 is 2.44 bits per heavy atom. The normalized spacial score (nSPS) is 14.2. The molecule has 1 aromatic heterocycles. The zero-order valence-electron chi connectivity index (χ0n) is 19.6. The second kappa shape index (κ2) is 11.3. The number of anilines is 1. The molecule has 1 aliphatic rings. The number of aromatic nitrogens is 2. The summed E-state index contributed by atoms with van der Waals surface area (Å²) in [6.07, 6.45) is 7.67. The van der Waals surface area contributed by atoms with Crippen LogP contribution in [0.5, 0.6) is 0 Å². The van der Waals surface area contributed by atoms with E-state index in [1.807, 2.05) is 54.4 Å². The van der Waals surface area contributed by atoms with Gasteiger partial charge in [-0.25, -0.2) is 9.37 Å². The van der Waals surface area contributed by atoms with Crippen LogP contribution >= 0.6 is 23.4 Å². The Balaban J connectivity index is 1.53. The molecule has 0 bridgehead atoms. The molecule has 3 aromatic rings. The molecule has 34 heavy (non-hydrogen) atoms. The van der Waals surface area contributed by atoms with Crippen LogP contribution in [0.25, 0.3) is 5.69 Å². The van der Waals surface area contributed by atoms with Crippen molar-refractivity contribution in [1.82, 2.24) is 14.5 Å². The number of amides is 1. The molecule has 0 aliphatic heterocycles. The van der Waals surface area contributed by atoms with E-state index in [0.717, 1.165) is 35.1 Å². The maximum absolute atomic E-state index is 13.3. The molecule has 0 atom stereocenters. The third-order valence-electron chi connectivity index (χ3n) is 6.39. The number of imidazole rings is 1. The van der Waals surface area contributed by atoms with E-state index in [0.29, 0.717) is 23.4 Å². The third-order valence-corrected chi connectivity index (χ3v) is 7.58. The van der Waals surface area contributed by atoms with E-state index < -0.39 is 0 Å². The van der Waals surface area contributed by atoms with E-state index >= 15 is 0 Å². The molecule has 1 aliphatic carbocycles. The predicted molar refractivity (Wildman–Crippen MR) is 137 cm³/mol. The first-order valence-corrected chi connectivity index (χ1v) is 13.0. The highest BCUT2D eigenvalue weighted by Crippen LogP contribution is 2.28. The average Bonchev–Trinajstić information content (AvgIpc) is 3.25. The van der Waals surface area contributed by atoms with Crippen LogP contribution in [0, 0.1) is 5.82 Å². The highest BCUT2D eigenvalue weighted by Gasteiger charge is 2.23. The van der Waals surface area contributed by atoms with Gasteiger partial charge in [0.2, 0.25) is 5.91 Å². The van der Waals surface area contributed by atoms with Gasteiger partial charge in [-0.3, -0.25) is 9.36 Å². The maximum atomic E-state index is 13.3. The van der Waals surface area contributed by atoms with Gasteiger partial charge in [-0.15, -0.1) is 0 Å². The number of halogens is 2. The Hall–Kier alpha value is -2.51. The van der Waals surface area contributed by atoms with Gasteiger partial charge in [0.1, 0.15) is 5.82 Å². The smallest absolute Gasteiger partial charge is 0.233 e. The molecule has 0 saturated heterocycles. The largest absolute Gasteiger partial charge is 0.369 e. The van der Waals surface area contributed by atoms with Crippen LogP contribution in [0.2, 0.25) is 5.02 Å². The van der Waals surface area contributed by atoms with Gasteiger partial charge < -0.3 is 9.80 Å². The second-order valence-electron chi connectivity index (χ2n) is 8.76. The molecule has 1 saturated carbocycles. The number of thioether (sulfide) groups is 1. The Labute approximate surface area is 209 Å². The van der Waals surface area contributed by atoms with Gasteiger partial charge in [0.15, 0.2) is 5.16 Å². The van der Waals surface area contributed by atoms with Crippen molar-refractivity contribution in [3.63, 3.8) is 0 Å². The molecular weight excluding hydrogens is 471 g/mol. The lowest BCUT2D eigenvalue weighted by atomic mass is 9.94. The molecule has 1 amide bonds. The van der Waals surface area contributed by atoms with Gasteiger partial charge in [-0.05, 0) is 61.4 Å². The van der Waals surface area contributed by atoms with Gasteiger partial charge in [0, 0.05) is 36.5 Å². The molecule has 1 fully saturated rings. The summed E-state index contributed by atoms with van der Waals surface area (Å²) in [5, 5.41) is 1.42. The van der Waals surface area contributed by atoms with Crippen molar-refractivity contribution in [3.8, 4) is 5.69 Å². The Kier molecular flexibility index (Phi) is 8.16. The van der Waals surface area contributed by atoms with Crippen LogP contribution in [0.4, 0.5) is 10.1 Å². The first kappa shape index (κ1) is 24.6. The van der Waals surface area contributed by atoms with Crippen molar-refractivity contribution in [2.75, 3.05) is 24.7 Å². The van der Waals surface area contributed by atoms with E-state index in [-0.39, 0.29) is 11.7 Å². The van der Waals surface area contributed by atoms with Crippen molar-refractivity contribution in [2.45, 2.75) is 49.8 Å². The highest BCUT2D eigenvalue weighted by atomic mass is 35.5. The minimum atomic E-state index is -0.259. The average molecular weight is 501 g/mol. The third kappa shape index (κ3) is 5.94. The lowest BCUT2D eigenvalue weighted by Crippen LogP contribution is -2.39. The molecule has 2 aromatic carbocycles. The zero-order valence-corrected chi connectivity index (χ0v) is 21.2. The Bertz CT molecular complexity index is 1100. The minimum Gasteiger partial charge on any atom is -0.369 e. The SMILES string of the molecule is CN(Cc1cnc(SCC(=O)N(C)C2CCCCC2)n1-c1ccc(Cl)cc1)c1ccc(F)cc1. The number of carbonyl (C=O) groups is 1. The molecule has 180 valence electrons. The summed E-state index contributed by atoms with van der Waals surface area (Å²) in [5.41, 5.74) is 2.80. The summed E-state index contributed by atoms with van der Waals surface area (Å²) in [6.45, 7) is 0.567. The number of nitrogens with zero attached hydrogens (tertiary/aromatic N) is 4. The van der Waals surface area contributed by atoms with Gasteiger partial charge in [0.25, 0.3) is 0 Å². The number of hydrogen-bond donors (Lipinski definition) is 0. The van der Waals surface area contributed by atoms with Gasteiger partial charge in [-0.2, -0.15) is 0 Å². The molecule has 5 nitrogen and oxygen atoms in total. The fraction of sp³-hybridized carbons (Fsp3) is 0.385. The quantitative estimate of drug-likeness (QED) is 0.346. The van der Waals surface area contributed by atoms with Crippen LogP contribution in [0.1, 0.15) is 37.8 Å². The summed E-state index contributed by atoms with van der Waals surface area (Å²) < 4.78 is 15.4. The van der Waals surface area contributed by atoms with E-state index in [9.17, 15) is 9.18 Å². The van der Waals surface area contributed by atoms with Crippen molar-refractivity contribution >= 4 is 35.0 Å². The molecule has 0 N–H and O–H groups in total. The molecule has 1 heterocycles. The van der Waals surface area contributed by atoms with Crippen molar-refractivity contribution < 1.29 is 9.18 Å². The van der Waals surface area contributed by atoms with E-state index in [1.54, 1.807) is 12.1 Å². The molecule has 4 rings (SSSR count). The second-order valence-corrected chi connectivity index (χ2v) is 10.1. The molecule has 0 spiro atoms.